The minimum absolute atomic E-state index is 0.00444. The molecule has 182 valence electrons. The van der Waals surface area contributed by atoms with E-state index in [1.165, 1.54) is 18.0 Å². The normalized spacial score (nSPS) is 25.4. The molecule has 4 aromatic rings. The quantitative estimate of drug-likeness (QED) is 0.439. The molecule has 6 rings (SSSR count). The number of pyridine rings is 1. The number of hydrogen-bond donors (Lipinski definition) is 2. The molecule has 1 aliphatic heterocycles. The van der Waals surface area contributed by atoms with Crippen LogP contribution in [0.5, 0.6) is 0 Å². The zero-order valence-electron chi connectivity index (χ0n) is 20.0. The largest absolute Gasteiger partial charge is 0.383 e. The SMILES string of the molecule is CNc1nc2cc(CC[C@H]3C[C@@H](n4ccc5c(N)ncnc54)[C@@H]4OC(C)(C)O[C@H]34)ccc2cc1F. The molecule has 1 aromatic carbocycles. The molecule has 0 spiro atoms. The summed E-state index contributed by atoms with van der Waals surface area (Å²) < 4.78 is 29.0. The third-order valence-electron chi connectivity index (χ3n) is 7.33. The number of benzene rings is 1. The number of aryl methyl sites for hydroxylation is 1. The van der Waals surface area contributed by atoms with E-state index in [1.54, 1.807) is 7.05 Å². The van der Waals surface area contributed by atoms with Gasteiger partial charge in [-0.1, -0.05) is 12.1 Å². The summed E-state index contributed by atoms with van der Waals surface area (Å²) in [6.07, 6.45) is 6.20. The van der Waals surface area contributed by atoms with Gasteiger partial charge in [-0.25, -0.2) is 19.3 Å². The molecule has 2 aliphatic rings. The number of fused-ring (bicyclic) bond motifs is 3. The molecule has 4 atom stereocenters. The molecule has 8 nitrogen and oxygen atoms in total. The van der Waals surface area contributed by atoms with Gasteiger partial charge >= 0.3 is 0 Å². The van der Waals surface area contributed by atoms with Gasteiger partial charge in [-0.3, -0.25) is 0 Å². The van der Waals surface area contributed by atoms with Crippen molar-refractivity contribution in [3.05, 3.63) is 54.2 Å². The maximum absolute atomic E-state index is 14.1. The molecule has 9 heteroatoms. The van der Waals surface area contributed by atoms with Gasteiger partial charge in [0.05, 0.1) is 23.0 Å². The summed E-state index contributed by atoms with van der Waals surface area (Å²) >= 11 is 0. The second kappa shape index (κ2) is 8.13. The van der Waals surface area contributed by atoms with Crippen LogP contribution in [0.1, 0.15) is 38.3 Å². The summed E-state index contributed by atoms with van der Waals surface area (Å²) in [6, 6.07) is 9.63. The number of nitrogens with zero attached hydrogens (tertiary/aromatic N) is 4. The predicted octanol–water partition coefficient (Wildman–Crippen LogP) is 4.46. The van der Waals surface area contributed by atoms with Crippen LogP contribution < -0.4 is 11.1 Å². The van der Waals surface area contributed by atoms with Gasteiger partial charge in [0.1, 0.15) is 23.9 Å². The molecule has 2 fully saturated rings. The first kappa shape index (κ1) is 22.2. The lowest BCUT2D eigenvalue weighted by Gasteiger charge is -2.24. The summed E-state index contributed by atoms with van der Waals surface area (Å²) in [7, 11) is 1.67. The minimum Gasteiger partial charge on any atom is -0.383 e. The van der Waals surface area contributed by atoms with Crippen molar-refractivity contribution in [2.24, 2.45) is 5.92 Å². The van der Waals surface area contributed by atoms with E-state index in [1.807, 2.05) is 32.2 Å². The number of nitrogens with two attached hydrogens (primary N) is 1. The van der Waals surface area contributed by atoms with Gasteiger partial charge in [0.2, 0.25) is 0 Å². The molecule has 0 amide bonds. The van der Waals surface area contributed by atoms with E-state index in [2.05, 4.69) is 37.0 Å². The van der Waals surface area contributed by atoms with E-state index in [0.717, 1.165) is 41.2 Å². The fourth-order valence-corrected chi connectivity index (χ4v) is 5.74. The number of anilines is 2. The van der Waals surface area contributed by atoms with Gasteiger partial charge in [0.25, 0.3) is 0 Å². The van der Waals surface area contributed by atoms with Crippen LogP contribution in [0.15, 0.2) is 42.9 Å². The van der Waals surface area contributed by atoms with Crippen molar-refractivity contribution < 1.29 is 13.9 Å². The lowest BCUT2D eigenvalue weighted by atomic mass is 9.95. The van der Waals surface area contributed by atoms with E-state index in [-0.39, 0.29) is 29.9 Å². The number of ether oxygens (including phenoxy) is 2. The van der Waals surface area contributed by atoms with E-state index in [9.17, 15) is 4.39 Å². The Morgan fingerprint density at radius 2 is 2.00 bits per heavy atom. The first-order valence-corrected chi connectivity index (χ1v) is 12.0. The second-order valence-electron chi connectivity index (χ2n) is 9.98. The summed E-state index contributed by atoms with van der Waals surface area (Å²) in [5, 5.41) is 4.46. The van der Waals surface area contributed by atoms with Crippen molar-refractivity contribution in [2.45, 2.75) is 57.1 Å². The van der Waals surface area contributed by atoms with Gasteiger partial charge < -0.3 is 25.1 Å². The maximum atomic E-state index is 14.1. The Hall–Kier alpha value is -3.30. The van der Waals surface area contributed by atoms with Crippen molar-refractivity contribution in [1.29, 1.82) is 0 Å². The Balaban J connectivity index is 1.26. The van der Waals surface area contributed by atoms with Crippen LogP contribution in [0, 0.1) is 11.7 Å². The van der Waals surface area contributed by atoms with Gasteiger partial charge in [0, 0.05) is 18.6 Å². The molecule has 1 aliphatic carbocycles. The molecule has 3 N–H and O–H groups in total. The van der Waals surface area contributed by atoms with E-state index in [0.29, 0.717) is 11.7 Å². The van der Waals surface area contributed by atoms with Gasteiger partial charge in [0.15, 0.2) is 17.4 Å². The highest BCUT2D eigenvalue weighted by atomic mass is 19.1. The lowest BCUT2D eigenvalue weighted by molar-refractivity contribution is -0.160. The van der Waals surface area contributed by atoms with E-state index >= 15 is 0 Å². The van der Waals surface area contributed by atoms with Crippen LogP contribution in [0.4, 0.5) is 16.0 Å². The molecule has 4 heterocycles. The average molecular weight is 477 g/mol. The Morgan fingerprint density at radius 3 is 2.83 bits per heavy atom. The predicted molar refractivity (Wildman–Crippen MR) is 132 cm³/mol. The molecule has 1 saturated carbocycles. The highest BCUT2D eigenvalue weighted by molar-refractivity contribution is 5.86. The number of hydrogen-bond acceptors (Lipinski definition) is 7. The second-order valence-corrected chi connectivity index (χ2v) is 9.98. The lowest BCUT2D eigenvalue weighted by Crippen LogP contribution is -2.27. The molecular weight excluding hydrogens is 447 g/mol. The first-order valence-electron chi connectivity index (χ1n) is 12.0. The summed E-state index contributed by atoms with van der Waals surface area (Å²) in [6.45, 7) is 3.95. The zero-order valence-corrected chi connectivity index (χ0v) is 20.0. The molecule has 0 bridgehead atoms. The Morgan fingerprint density at radius 1 is 1.17 bits per heavy atom. The number of nitrogen functional groups attached to an aromatic ring is 1. The standard InChI is InChI=1S/C26H29FN6O2/c1-26(2)34-21-16(7-5-14-4-6-15-11-18(27)24(29-3)32-19(15)10-14)12-20(22(21)35-26)33-9-8-17-23(28)30-13-31-25(17)33/h4,6,8-11,13,16,20-22H,5,7,12H2,1-3H3,(H,29,32)(H2,28,30,31)/t16-,20+,21+,22-/m0/s1. The average Bonchev–Trinajstić information content (AvgIpc) is 3.48. The number of aromatic nitrogens is 4. The van der Waals surface area contributed by atoms with Crippen LogP contribution >= 0.6 is 0 Å². The van der Waals surface area contributed by atoms with Crippen molar-refractivity contribution in [3.8, 4) is 0 Å². The zero-order chi connectivity index (χ0) is 24.3. The third kappa shape index (κ3) is 3.79. The number of halogens is 1. The summed E-state index contributed by atoms with van der Waals surface area (Å²) in [5.41, 5.74) is 8.85. The van der Waals surface area contributed by atoms with Crippen LogP contribution in [-0.4, -0.2) is 44.6 Å². The number of rotatable bonds is 5. The van der Waals surface area contributed by atoms with Crippen molar-refractivity contribution >= 4 is 33.6 Å². The van der Waals surface area contributed by atoms with Crippen LogP contribution in [-0.2, 0) is 15.9 Å². The smallest absolute Gasteiger partial charge is 0.166 e. The molecule has 0 unspecified atom stereocenters. The highest BCUT2D eigenvalue weighted by Gasteiger charge is 2.54. The molecule has 0 radical (unpaired) electrons. The van der Waals surface area contributed by atoms with Crippen molar-refractivity contribution in [3.63, 3.8) is 0 Å². The van der Waals surface area contributed by atoms with Crippen LogP contribution in [0.2, 0.25) is 0 Å². The fraction of sp³-hybridized carbons (Fsp3) is 0.423. The monoisotopic (exact) mass is 476 g/mol. The fourth-order valence-electron chi connectivity index (χ4n) is 5.74. The Labute approximate surface area is 202 Å². The molecular formula is C26H29FN6O2. The van der Waals surface area contributed by atoms with E-state index < -0.39 is 5.79 Å². The van der Waals surface area contributed by atoms with Gasteiger partial charge in [-0.05, 0) is 62.8 Å². The Bertz CT molecular complexity index is 1420. The van der Waals surface area contributed by atoms with Gasteiger partial charge in [-0.15, -0.1) is 0 Å². The number of nitrogens with one attached hydrogen (secondary N) is 1. The molecule has 1 saturated heterocycles. The van der Waals surface area contributed by atoms with Crippen molar-refractivity contribution in [1.82, 2.24) is 19.5 Å². The topological polar surface area (TPSA) is 100 Å². The minimum atomic E-state index is -0.635. The highest BCUT2D eigenvalue weighted by Crippen LogP contribution is 2.49. The summed E-state index contributed by atoms with van der Waals surface area (Å²) in [5.74, 6) is 0.0757. The third-order valence-corrected chi connectivity index (χ3v) is 7.33. The molecule has 35 heavy (non-hydrogen) atoms. The van der Waals surface area contributed by atoms with Crippen LogP contribution in [0.25, 0.3) is 21.9 Å². The molecule has 3 aromatic heterocycles. The summed E-state index contributed by atoms with van der Waals surface area (Å²) in [4.78, 5) is 13.1. The van der Waals surface area contributed by atoms with Gasteiger partial charge in [-0.2, -0.15) is 0 Å². The van der Waals surface area contributed by atoms with Crippen LogP contribution in [0.3, 0.4) is 0 Å². The first-order chi connectivity index (χ1) is 16.8. The van der Waals surface area contributed by atoms with Crippen molar-refractivity contribution in [2.75, 3.05) is 18.1 Å². The maximum Gasteiger partial charge on any atom is 0.166 e. The Kier molecular flexibility index (Phi) is 5.16. The van der Waals surface area contributed by atoms with E-state index in [4.69, 9.17) is 15.2 Å².